The maximum atomic E-state index is 10.4. The highest BCUT2D eigenvalue weighted by atomic mass is 16.5. The zero-order valence-corrected chi connectivity index (χ0v) is 15.0. The summed E-state index contributed by atoms with van der Waals surface area (Å²) in [6.45, 7) is 1.97. The minimum atomic E-state index is -0.958. The fourth-order valence-electron chi connectivity index (χ4n) is 2.91. The molecule has 1 aromatic carbocycles. The molecule has 0 amide bonds. The number of hydrogen-bond donors (Lipinski definition) is 1. The highest BCUT2D eigenvalue weighted by Crippen LogP contribution is 2.41. The molecule has 1 N–H and O–H groups in total. The first-order valence-corrected chi connectivity index (χ1v) is 8.64. The van der Waals surface area contributed by atoms with Gasteiger partial charge in [0.2, 0.25) is 5.75 Å². The molecule has 0 unspecified atom stereocenters. The van der Waals surface area contributed by atoms with Crippen LogP contribution < -0.4 is 14.6 Å². The summed E-state index contributed by atoms with van der Waals surface area (Å²) in [4.78, 5) is 10.3. The van der Waals surface area contributed by atoms with Crippen LogP contribution in [0.5, 0.6) is 17.2 Å². The number of ether oxygens (including phenoxy) is 2. The van der Waals surface area contributed by atoms with Crippen molar-refractivity contribution in [2.24, 2.45) is 0 Å². The standard InChI is InChI=1S/C19H30O5/c1-14-13-16(23-2)19(24-3)18(22)15(14)11-9-7-5-4-6-8-10-12-17(20)21/h13,22H,4-12H2,1-3H3,(H,20,21)/p-1. The second-order valence-electron chi connectivity index (χ2n) is 6.10. The summed E-state index contributed by atoms with van der Waals surface area (Å²) in [5.41, 5.74) is 1.93. The van der Waals surface area contributed by atoms with Crippen molar-refractivity contribution < 1.29 is 24.5 Å². The van der Waals surface area contributed by atoms with Gasteiger partial charge < -0.3 is 24.5 Å². The first kappa shape index (κ1) is 20.1. The van der Waals surface area contributed by atoms with Gasteiger partial charge >= 0.3 is 0 Å². The molecule has 24 heavy (non-hydrogen) atoms. The summed E-state index contributed by atoms with van der Waals surface area (Å²) >= 11 is 0. The number of phenols is 1. The summed E-state index contributed by atoms with van der Waals surface area (Å²) in [7, 11) is 3.08. The third-order valence-electron chi connectivity index (χ3n) is 4.28. The zero-order chi connectivity index (χ0) is 17.9. The highest BCUT2D eigenvalue weighted by Gasteiger charge is 2.16. The van der Waals surface area contributed by atoms with Gasteiger partial charge in [0.15, 0.2) is 11.5 Å². The predicted octanol–water partition coefficient (Wildman–Crippen LogP) is 3.13. The average Bonchev–Trinajstić information content (AvgIpc) is 2.54. The fourth-order valence-corrected chi connectivity index (χ4v) is 2.91. The maximum absolute atomic E-state index is 10.4. The number of aliphatic carboxylic acids is 1. The van der Waals surface area contributed by atoms with E-state index in [1.807, 2.05) is 13.0 Å². The molecule has 0 saturated heterocycles. The number of hydrogen-bond acceptors (Lipinski definition) is 5. The number of aryl methyl sites for hydroxylation is 1. The van der Waals surface area contributed by atoms with Gasteiger partial charge in [0, 0.05) is 11.5 Å². The number of benzene rings is 1. The number of carbonyl (C=O) groups is 1. The number of unbranched alkanes of at least 4 members (excludes halogenated alkanes) is 6. The van der Waals surface area contributed by atoms with Crippen LogP contribution in [0.25, 0.3) is 0 Å². The molecule has 0 aromatic heterocycles. The van der Waals surface area contributed by atoms with Gasteiger partial charge in [-0.1, -0.05) is 32.1 Å². The topological polar surface area (TPSA) is 78.8 Å². The van der Waals surface area contributed by atoms with Crippen LogP contribution in [0, 0.1) is 6.92 Å². The average molecular weight is 337 g/mol. The van der Waals surface area contributed by atoms with Crippen molar-refractivity contribution in [3.05, 3.63) is 17.2 Å². The molecular formula is C19H29O5-. The Morgan fingerprint density at radius 3 is 2.17 bits per heavy atom. The minimum absolute atomic E-state index is 0.165. The molecule has 5 heteroatoms. The van der Waals surface area contributed by atoms with Gasteiger partial charge in [-0.2, -0.15) is 0 Å². The maximum Gasteiger partial charge on any atom is 0.203 e. The number of phenolic OH excluding ortho intramolecular Hbond substituents is 1. The van der Waals surface area contributed by atoms with Gasteiger partial charge in [-0.3, -0.25) is 0 Å². The lowest BCUT2D eigenvalue weighted by Gasteiger charge is -2.15. The summed E-state index contributed by atoms with van der Waals surface area (Å²) < 4.78 is 10.5. The van der Waals surface area contributed by atoms with Gasteiger partial charge in [-0.05, 0) is 44.2 Å². The van der Waals surface area contributed by atoms with E-state index in [4.69, 9.17) is 9.47 Å². The van der Waals surface area contributed by atoms with Gasteiger partial charge in [-0.15, -0.1) is 0 Å². The fraction of sp³-hybridized carbons (Fsp3) is 0.632. The quantitative estimate of drug-likeness (QED) is 0.593. The van der Waals surface area contributed by atoms with Crippen LogP contribution in [0.4, 0.5) is 0 Å². The van der Waals surface area contributed by atoms with Crippen molar-refractivity contribution in [2.75, 3.05) is 14.2 Å². The molecule has 1 rings (SSSR count). The van der Waals surface area contributed by atoms with Crippen LogP contribution in [0.3, 0.4) is 0 Å². The van der Waals surface area contributed by atoms with Crippen molar-refractivity contribution in [2.45, 2.75) is 64.7 Å². The number of carboxylic acid groups (broad SMARTS) is 1. The van der Waals surface area contributed by atoms with E-state index < -0.39 is 5.97 Å². The molecule has 0 aliphatic rings. The van der Waals surface area contributed by atoms with Crippen LogP contribution in [0.2, 0.25) is 0 Å². The molecule has 0 bridgehead atoms. The Hall–Kier alpha value is -1.91. The van der Waals surface area contributed by atoms with E-state index in [0.29, 0.717) is 17.9 Å². The Kier molecular flexibility index (Phi) is 9.05. The lowest BCUT2D eigenvalue weighted by Crippen LogP contribution is -2.21. The van der Waals surface area contributed by atoms with Crippen molar-refractivity contribution in [1.82, 2.24) is 0 Å². The van der Waals surface area contributed by atoms with Crippen LogP contribution in [0.1, 0.15) is 62.5 Å². The Bertz CT molecular complexity index is 525. The molecule has 0 radical (unpaired) electrons. The molecule has 0 fully saturated rings. The number of aromatic hydroxyl groups is 1. The van der Waals surface area contributed by atoms with Crippen LogP contribution in [-0.4, -0.2) is 25.3 Å². The van der Waals surface area contributed by atoms with Gasteiger partial charge in [0.1, 0.15) is 0 Å². The smallest absolute Gasteiger partial charge is 0.203 e. The summed E-state index contributed by atoms with van der Waals surface area (Å²) in [5.74, 6) is 0.163. The summed E-state index contributed by atoms with van der Waals surface area (Å²) in [6, 6.07) is 1.89. The molecule has 0 heterocycles. The van der Waals surface area contributed by atoms with E-state index in [9.17, 15) is 15.0 Å². The van der Waals surface area contributed by atoms with E-state index in [-0.39, 0.29) is 12.2 Å². The Morgan fingerprint density at radius 2 is 1.62 bits per heavy atom. The first-order valence-electron chi connectivity index (χ1n) is 8.64. The lowest BCUT2D eigenvalue weighted by molar-refractivity contribution is -0.305. The molecule has 136 valence electrons. The summed E-state index contributed by atoms with van der Waals surface area (Å²) in [6.07, 6.45) is 8.03. The van der Waals surface area contributed by atoms with E-state index in [0.717, 1.165) is 56.1 Å². The van der Waals surface area contributed by atoms with Crippen LogP contribution in [0.15, 0.2) is 6.07 Å². The van der Waals surface area contributed by atoms with Crippen molar-refractivity contribution in [3.8, 4) is 17.2 Å². The van der Waals surface area contributed by atoms with Crippen LogP contribution in [-0.2, 0) is 11.2 Å². The number of methoxy groups -OCH3 is 2. The molecule has 0 atom stereocenters. The van der Waals surface area contributed by atoms with E-state index in [1.54, 1.807) is 7.11 Å². The Labute approximate surface area is 144 Å². The molecule has 0 aliphatic heterocycles. The monoisotopic (exact) mass is 337 g/mol. The van der Waals surface area contributed by atoms with Gasteiger partial charge in [0.25, 0.3) is 0 Å². The van der Waals surface area contributed by atoms with Gasteiger partial charge in [0.05, 0.1) is 14.2 Å². The van der Waals surface area contributed by atoms with Crippen LogP contribution >= 0.6 is 0 Å². The largest absolute Gasteiger partial charge is 0.550 e. The highest BCUT2D eigenvalue weighted by molar-refractivity contribution is 5.64. The third kappa shape index (κ3) is 6.30. The van der Waals surface area contributed by atoms with E-state index in [1.165, 1.54) is 7.11 Å². The zero-order valence-electron chi connectivity index (χ0n) is 15.0. The Morgan fingerprint density at radius 1 is 1.04 bits per heavy atom. The normalized spacial score (nSPS) is 10.6. The van der Waals surface area contributed by atoms with Crippen molar-refractivity contribution in [3.63, 3.8) is 0 Å². The number of rotatable bonds is 12. The SMILES string of the molecule is COc1cc(C)c(CCCCCCCCCC(=O)[O-])c(O)c1OC. The summed E-state index contributed by atoms with van der Waals surface area (Å²) in [5, 5.41) is 20.7. The molecule has 0 aliphatic carbocycles. The third-order valence-corrected chi connectivity index (χ3v) is 4.28. The number of carbonyl (C=O) groups excluding carboxylic acids is 1. The molecule has 0 spiro atoms. The lowest BCUT2D eigenvalue weighted by atomic mass is 9.99. The van der Waals surface area contributed by atoms with Gasteiger partial charge in [-0.25, -0.2) is 0 Å². The second kappa shape index (κ2) is 10.8. The molecule has 5 nitrogen and oxygen atoms in total. The Balaban J connectivity index is 2.34. The number of carboxylic acids is 1. The first-order chi connectivity index (χ1) is 11.5. The second-order valence-corrected chi connectivity index (χ2v) is 6.10. The predicted molar refractivity (Wildman–Crippen MR) is 91.6 cm³/mol. The molecule has 0 saturated carbocycles. The minimum Gasteiger partial charge on any atom is -0.550 e. The molecule has 1 aromatic rings. The van der Waals surface area contributed by atoms with Crippen molar-refractivity contribution >= 4 is 5.97 Å². The van der Waals surface area contributed by atoms with E-state index >= 15 is 0 Å². The van der Waals surface area contributed by atoms with E-state index in [2.05, 4.69) is 0 Å². The molecular weight excluding hydrogens is 308 g/mol. The van der Waals surface area contributed by atoms with Crippen molar-refractivity contribution in [1.29, 1.82) is 0 Å².